The SMILES string of the molecule is O=C(NCC1(c2ccccc2)CC1)c1ccc(NS(=O)(=O)c2ccc(F)c(F)c2)cc1. The number of carbonyl (C=O) groups excluding carboxylic acids is 1. The number of anilines is 1. The number of carbonyl (C=O) groups is 1. The summed E-state index contributed by atoms with van der Waals surface area (Å²) in [5.74, 6) is -2.63. The maximum atomic E-state index is 13.3. The molecule has 3 aromatic rings. The van der Waals surface area contributed by atoms with E-state index in [1.54, 1.807) is 0 Å². The minimum atomic E-state index is -4.09. The Morgan fingerprint density at radius 3 is 2.19 bits per heavy atom. The van der Waals surface area contributed by atoms with E-state index in [1.807, 2.05) is 18.2 Å². The Morgan fingerprint density at radius 2 is 1.58 bits per heavy atom. The standard InChI is InChI=1S/C23H20F2N2O3S/c24-20-11-10-19(14-21(20)25)31(29,30)27-18-8-6-16(7-9-18)22(28)26-15-23(12-13-23)17-4-2-1-3-5-17/h1-11,14,27H,12-13,15H2,(H,26,28). The molecule has 0 unspecified atom stereocenters. The monoisotopic (exact) mass is 442 g/mol. The maximum Gasteiger partial charge on any atom is 0.261 e. The van der Waals surface area contributed by atoms with Gasteiger partial charge >= 0.3 is 0 Å². The molecule has 1 saturated carbocycles. The van der Waals surface area contributed by atoms with Crippen molar-refractivity contribution in [3.8, 4) is 0 Å². The maximum absolute atomic E-state index is 13.3. The highest BCUT2D eigenvalue weighted by molar-refractivity contribution is 7.92. The van der Waals surface area contributed by atoms with Crippen LogP contribution in [0.4, 0.5) is 14.5 Å². The van der Waals surface area contributed by atoms with E-state index < -0.39 is 26.6 Å². The lowest BCUT2D eigenvalue weighted by molar-refractivity contribution is 0.0949. The molecule has 160 valence electrons. The van der Waals surface area contributed by atoms with Gasteiger partial charge in [-0.3, -0.25) is 9.52 Å². The Labute approximate surface area is 179 Å². The quantitative estimate of drug-likeness (QED) is 0.575. The van der Waals surface area contributed by atoms with Gasteiger partial charge in [-0.25, -0.2) is 17.2 Å². The highest BCUT2D eigenvalue weighted by Gasteiger charge is 2.44. The van der Waals surface area contributed by atoms with E-state index in [1.165, 1.54) is 29.8 Å². The summed E-state index contributed by atoms with van der Waals surface area (Å²) in [4.78, 5) is 12.1. The average Bonchev–Trinajstić information content (AvgIpc) is 3.56. The van der Waals surface area contributed by atoms with Crippen LogP contribution in [0.1, 0.15) is 28.8 Å². The molecular weight excluding hydrogens is 422 g/mol. The van der Waals surface area contributed by atoms with E-state index >= 15 is 0 Å². The topological polar surface area (TPSA) is 75.3 Å². The van der Waals surface area contributed by atoms with Crippen LogP contribution in [0.5, 0.6) is 0 Å². The molecule has 1 aliphatic carbocycles. The van der Waals surface area contributed by atoms with Gasteiger partial charge in [0, 0.05) is 23.2 Å². The van der Waals surface area contributed by atoms with Crippen LogP contribution >= 0.6 is 0 Å². The van der Waals surface area contributed by atoms with E-state index in [0.29, 0.717) is 18.2 Å². The number of sulfonamides is 1. The van der Waals surface area contributed by atoms with Crippen molar-refractivity contribution in [1.82, 2.24) is 5.32 Å². The molecule has 0 atom stereocenters. The van der Waals surface area contributed by atoms with Crippen LogP contribution in [0.3, 0.4) is 0 Å². The van der Waals surface area contributed by atoms with E-state index in [9.17, 15) is 22.0 Å². The third kappa shape index (κ3) is 4.59. The summed E-state index contributed by atoms with van der Waals surface area (Å²) in [5.41, 5.74) is 1.78. The average molecular weight is 442 g/mol. The molecule has 31 heavy (non-hydrogen) atoms. The summed E-state index contributed by atoms with van der Waals surface area (Å²) in [5, 5.41) is 2.95. The fourth-order valence-electron chi connectivity index (χ4n) is 3.41. The van der Waals surface area contributed by atoms with Crippen LogP contribution in [-0.2, 0) is 15.4 Å². The molecule has 2 N–H and O–H groups in total. The van der Waals surface area contributed by atoms with E-state index in [0.717, 1.165) is 25.0 Å². The fraction of sp³-hybridized carbons (Fsp3) is 0.174. The highest BCUT2D eigenvalue weighted by atomic mass is 32.2. The number of hydrogen-bond acceptors (Lipinski definition) is 3. The lowest BCUT2D eigenvalue weighted by Gasteiger charge is -2.16. The first kappa shape index (κ1) is 21.0. The van der Waals surface area contributed by atoms with Crippen molar-refractivity contribution in [1.29, 1.82) is 0 Å². The lowest BCUT2D eigenvalue weighted by Crippen LogP contribution is -2.32. The second-order valence-corrected chi connectivity index (χ2v) is 9.27. The van der Waals surface area contributed by atoms with Crippen molar-refractivity contribution in [2.45, 2.75) is 23.2 Å². The zero-order chi connectivity index (χ0) is 22.1. The molecule has 0 aromatic heterocycles. The van der Waals surface area contributed by atoms with Gasteiger partial charge in [-0.1, -0.05) is 30.3 Å². The second-order valence-electron chi connectivity index (χ2n) is 7.59. The molecule has 8 heteroatoms. The van der Waals surface area contributed by atoms with Gasteiger partial charge < -0.3 is 5.32 Å². The number of amides is 1. The molecule has 1 fully saturated rings. The summed E-state index contributed by atoms with van der Waals surface area (Å²) in [6.45, 7) is 0.528. The molecule has 0 saturated heterocycles. The second kappa shape index (κ2) is 8.11. The normalized spacial score (nSPS) is 14.6. The van der Waals surface area contributed by atoms with Gasteiger partial charge in [-0.15, -0.1) is 0 Å². The molecule has 0 heterocycles. The Hall–Kier alpha value is -3.26. The van der Waals surface area contributed by atoms with Gasteiger partial charge in [0.25, 0.3) is 15.9 Å². The summed E-state index contributed by atoms with van der Waals surface area (Å²) in [6, 6.07) is 18.3. The first-order valence-corrected chi connectivity index (χ1v) is 11.2. The Morgan fingerprint density at radius 1 is 0.903 bits per heavy atom. The van der Waals surface area contributed by atoms with Crippen molar-refractivity contribution in [3.63, 3.8) is 0 Å². The van der Waals surface area contributed by atoms with Gasteiger partial charge in [-0.05, 0) is 60.9 Å². The number of rotatable bonds is 7. The summed E-state index contributed by atoms with van der Waals surface area (Å²) in [6.07, 6.45) is 2.03. The predicted molar refractivity (Wildman–Crippen MR) is 113 cm³/mol. The van der Waals surface area contributed by atoms with E-state index in [2.05, 4.69) is 22.2 Å². The van der Waals surface area contributed by atoms with E-state index in [-0.39, 0.29) is 17.0 Å². The molecule has 1 amide bonds. The number of benzene rings is 3. The van der Waals surface area contributed by atoms with Gasteiger partial charge in [0.15, 0.2) is 11.6 Å². The van der Waals surface area contributed by atoms with Crippen LogP contribution in [0.2, 0.25) is 0 Å². The summed E-state index contributed by atoms with van der Waals surface area (Å²) >= 11 is 0. The van der Waals surface area contributed by atoms with Crippen molar-refractivity contribution in [2.75, 3.05) is 11.3 Å². The van der Waals surface area contributed by atoms with E-state index in [4.69, 9.17) is 0 Å². The van der Waals surface area contributed by atoms with Gasteiger partial charge in [0.1, 0.15) is 0 Å². The molecule has 0 spiro atoms. The molecule has 5 nitrogen and oxygen atoms in total. The zero-order valence-electron chi connectivity index (χ0n) is 16.4. The third-order valence-corrected chi connectivity index (χ3v) is 6.81. The Kier molecular flexibility index (Phi) is 5.49. The van der Waals surface area contributed by atoms with Crippen LogP contribution < -0.4 is 10.0 Å². The Bertz CT molecular complexity index is 1210. The molecule has 3 aromatic carbocycles. The number of nitrogens with one attached hydrogen (secondary N) is 2. The van der Waals surface area contributed by atoms with Crippen molar-refractivity contribution >= 4 is 21.6 Å². The van der Waals surface area contributed by atoms with Crippen LogP contribution in [0.15, 0.2) is 77.7 Å². The zero-order valence-corrected chi connectivity index (χ0v) is 17.3. The molecule has 0 radical (unpaired) electrons. The van der Waals surface area contributed by atoms with Gasteiger partial charge in [0.2, 0.25) is 0 Å². The molecular formula is C23H20F2N2O3S. The minimum absolute atomic E-state index is 0.0169. The molecule has 0 bridgehead atoms. The first-order chi connectivity index (χ1) is 14.8. The predicted octanol–water partition coefficient (Wildman–Crippen LogP) is 4.23. The van der Waals surface area contributed by atoms with Gasteiger partial charge in [-0.2, -0.15) is 0 Å². The lowest BCUT2D eigenvalue weighted by atomic mass is 9.96. The van der Waals surface area contributed by atoms with Crippen LogP contribution in [0.25, 0.3) is 0 Å². The minimum Gasteiger partial charge on any atom is -0.351 e. The molecule has 1 aliphatic rings. The van der Waals surface area contributed by atoms with Crippen molar-refractivity contribution < 1.29 is 22.0 Å². The molecule has 4 rings (SSSR count). The van der Waals surface area contributed by atoms with Crippen molar-refractivity contribution in [3.05, 3.63) is 95.6 Å². The molecule has 0 aliphatic heterocycles. The fourth-order valence-corrected chi connectivity index (χ4v) is 4.48. The summed E-state index contributed by atoms with van der Waals surface area (Å²) in [7, 11) is -4.09. The number of halogens is 2. The Balaban J connectivity index is 1.40. The van der Waals surface area contributed by atoms with Crippen LogP contribution in [-0.4, -0.2) is 20.9 Å². The summed E-state index contributed by atoms with van der Waals surface area (Å²) < 4.78 is 53.4. The number of hydrogen-bond donors (Lipinski definition) is 2. The highest BCUT2D eigenvalue weighted by Crippen LogP contribution is 2.47. The largest absolute Gasteiger partial charge is 0.351 e. The third-order valence-electron chi connectivity index (χ3n) is 5.43. The van der Waals surface area contributed by atoms with Gasteiger partial charge in [0.05, 0.1) is 4.90 Å². The first-order valence-electron chi connectivity index (χ1n) is 9.71. The smallest absolute Gasteiger partial charge is 0.261 e. The van der Waals surface area contributed by atoms with Crippen LogP contribution in [0, 0.1) is 11.6 Å². The van der Waals surface area contributed by atoms with Crippen molar-refractivity contribution in [2.24, 2.45) is 0 Å².